The number of hydrogen-bond donors (Lipinski definition) is 2. The molecule has 1 fully saturated rings. The second-order valence-corrected chi connectivity index (χ2v) is 7.33. The van der Waals surface area contributed by atoms with E-state index in [1.165, 1.54) is 18.4 Å². The van der Waals surface area contributed by atoms with Crippen LogP contribution < -0.4 is 10.1 Å². The highest BCUT2D eigenvalue weighted by atomic mass is 79.9. The van der Waals surface area contributed by atoms with E-state index in [2.05, 4.69) is 21.2 Å². The van der Waals surface area contributed by atoms with Crippen LogP contribution >= 0.6 is 27.3 Å². The summed E-state index contributed by atoms with van der Waals surface area (Å²) >= 11 is 4.61. The third-order valence-electron chi connectivity index (χ3n) is 3.53. The molecule has 0 atom stereocenters. The van der Waals surface area contributed by atoms with Gasteiger partial charge in [0.25, 0.3) is 5.91 Å². The SMILES string of the molecule is COc1cc(C(=O)NC2(CC(=O)O)CCCC2)sc1Br. The van der Waals surface area contributed by atoms with E-state index >= 15 is 0 Å². The fraction of sp³-hybridized carbons (Fsp3) is 0.538. The van der Waals surface area contributed by atoms with Crippen LogP contribution in [0, 0.1) is 0 Å². The van der Waals surface area contributed by atoms with Crippen LogP contribution in [0.1, 0.15) is 41.8 Å². The van der Waals surface area contributed by atoms with Crippen LogP contribution in [0.2, 0.25) is 0 Å². The lowest BCUT2D eigenvalue weighted by atomic mass is 9.93. The molecule has 1 amide bonds. The average molecular weight is 362 g/mol. The van der Waals surface area contributed by atoms with Crippen molar-refractivity contribution in [2.24, 2.45) is 0 Å². The summed E-state index contributed by atoms with van der Waals surface area (Å²) in [4.78, 5) is 23.8. The van der Waals surface area contributed by atoms with Crippen LogP contribution in [0.4, 0.5) is 0 Å². The summed E-state index contributed by atoms with van der Waals surface area (Å²) in [6, 6.07) is 1.66. The Balaban J connectivity index is 2.13. The van der Waals surface area contributed by atoms with E-state index in [0.29, 0.717) is 23.5 Å². The van der Waals surface area contributed by atoms with Gasteiger partial charge in [-0.05, 0) is 28.8 Å². The molecular formula is C13H16BrNO4S. The number of halogens is 1. The Kier molecular flexibility index (Phi) is 4.70. The highest BCUT2D eigenvalue weighted by Crippen LogP contribution is 2.36. The van der Waals surface area contributed by atoms with Gasteiger partial charge in [0.1, 0.15) is 9.54 Å². The summed E-state index contributed by atoms with van der Waals surface area (Å²) in [6.45, 7) is 0. The average Bonchev–Trinajstić information content (AvgIpc) is 2.95. The van der Waals surface area contributed by atoms with Crippen molar-refractivity contribution < 1.29 is 19.4 Å². The van der Waals surface area contributed by atoms with Crippen molar-refractivity contribution in [2.75, 3.05) is 7.11 Å². The number of carboxylic acids is 1. The van der Waals surface area contributed by atoms with E-state index in [1.807, 2.05) is 0 Å². The first-order valence-electron chi connectivity index (χ1n) is 6.33. The van der Waals surface area contributed by atoms with Crippen molar-refractivity contribution >= 4 is 39.1 Å². The van der Waals surface area contributed by atoms with Crippen LogP contribution in [0.5, 0.6) is 5.75 Å². The molecule has 20 heavy (non-hydrogen) atoms. The van der Waals surface area contributed by atoms with Gasteiger partial charge in [-0.3, -0.25) is 9.59 Å². The smallest absolute Gasteiger partial charge is 0.305 e. The van der Waals surface area contributed by atoms with Crippen molar-refractivity contribution in [3.8, 4) is 5.75 Å². The Bertz CT molecular complexity index is 522. The number of hydrogen-bond acceptors (Lipinski definition) is 4. The fourth-order valence-electron chi connectivity index (χ4n) is 2.59. The zero-order chi connectivity index (χ0) is 14.8. The quantitative estimate of drug-likeness (QED) is 0.844. The van der Waals surface area contributed by atoms with Crippen molar-refractivity contribution in [2.45, 2.75) is 37.6 Å². The number of carboxylic acid groups (broad SMARTS) is 1. The van der Waals surface area contributed by atoms with Crippen molar-refractivity contribution in [3.05, 3.63) is 14.7 Å². The monoisotopic (exact) mass is 361 g/mol. The van der Waals surface area contributed by atoms with E-state index in [1.54, 1.807) is 6.07 Å². The van der Waals surface area contributed by atoms with Gasteiger partial charge in [0, 0.05) is 6.07 Å². The maximum Gasteiger partial charge on any atom is 0.305 e. The number of ether oxygens (including phenoxy) is 1. The van der Waals surface area contributed by atoms with Gasteiger partial charge in [0.2, 0.25) is 0 Å². The van der Waals surface area contributed by atoms with Crippen LogP contribution in [-0.2, 0) is 4.79 Å². The Morgan fingerprint density at radius 3 is 2.65 bits per heavy atom. The first-order valence-corrected chi connectivity index (χ1v) is 7.94. The molecule has 0 radical (unpaired) electrons. The minimum absolute atomic E-state index is 0.0254. The second-order valence-electron chi connectivity index (χ2n) is 4.96. The van der Waals surface area contributed by atoms with Gasteiger partial charge in [-0.1, -0.05) is 12.8 Å². The maximum atomic E-state index is 12.3. The Labute approximate surface area is 129 Å². The molecule has 0 aromatic carbocycles. The van der Waals surface area contributed by atoms with Gasteiger partial charge in [-0.2, -0.15) is 0 Å². The zero-order valence-electron chi connectivity index (χ0n) is 11.1. The lowest BCUT2D eigenvalue weighted by Gasteiger charge is -2.28. The topological polar surface area (TPSA) is 75.6 Å². The maximum absolute atomic E-state index is 12.3. The standard InChI is InChI=1S/C13H16BrNO4S/c1-19-8-6-9(20-11(8)14)12(18)15-13(7-10(16)17)4-2-3-5-13/h6H,2-5,7H2,1H3,(H,15,18)(H,16,17). The van der Waals surface area contributed by atoms with Crippen molar-refractivity contribution in [1.29, 1.82) is 0 Å². The number of aliphatic carboxylic acids is 1. The minimum Gasteiger partial charge on any atom is -0.495 e. The van der Waals surface area contributed by atoms with E-state index < -0.39 is 11.5 Å². The number of amides is 1. The van der Waals surface area contributed by atoms with Crippen LogP contribution in [0.25, 0.3) is 0 Å². The van der Waals surface area contributed by atoms with Gasteiger partial charge >= 0.3 is 5.97 Å². The number of methoxy groups -OCH3 is 1. The molecule has 0 aliphatic heterocycles. The number of carbonyl (C=O) groups excluding carboxylic acids is 1. The molecule has 1 aliphatic rings. The third-order valence-corrected chi connectivity index (χ3v) is 5.31. The van der Waals surface area contributed by atoms with E-state index in [9.17, 15) is 9.59 Å². The van der Waals surface area contributed by atoms with E-state index in [0.717, 1.165) is 16.6 Å². The summed E-state index contributed by atoms with van der Waals surface area (Å²) < 4.78 is 5.88. The predicted molar refractivity (Wildman–Crippen MR) is 79.5 cm³/mol. The molecule has 0 unspecified atom stereocenters. The first-order chi connectivity index (χ1) is 9.46. The number of nitrogens with one attached hydrogen (secondary N) is 1. The van der Waals surface area contributed by atoms with Gasteiger partial charge in [-0.15, -0.1) is 11.3 Å². The summed E-state index contributed by atoms with van der Waals surface area (Å²) in [5.74, 6) is -0.502. The van der Waals surface area contributed by atoms with Crippen molar-refractivity contribution in [1.82, 2.24) is 5.32 Å². The lowest BCUT2D eigenvalue weighted by Crippen LogP contribution is -2.47. The largest absolute Gasteiger partial charge is 0.495 e. The van der Waals surface area contributed by atoms with Crippen LogP contribution in [0.15, 0.2) is 9.85 Å². The van der Waals surface area contributed by atoms with Crippen LogP contribution in [0.3, 0.4) is 0 Å². The lowest BCUT2D eigenvalue weighted by molar-refractivity contribution is -0.138. The highest BCUT2D eigenvalue weighted by molar-refractivity contribution is 9.11. The summed E-state index contributed by atoms with van der Waals surface area (Å²) in [7, 11) is 1.54. The molecule has 0 saturated heterocycles. The van der Waals surface area contributed by atoms with Gasteiger partial charge in [0.05, 0.1) is 23.9 Å². The minimum atomic E-state index is -0.878. The Morgan fingerprint density at radius 1 is 1.50 bits per heavy atom. The molecule has 1 aromatic heterocycles. The molecular weight excluding hydrogens is 346 g/mol. The summed E-state index contributed by atoms with van der Waals surface area (Å²) in [5.41, 5.74) is -0.605. The normalized spacial score (nSPS) is 16.9. The number of rotatable bonds is 5. The molecule has 0 bridgehead atoms. The highest BCUT2D eigenvalue weighted by Gasteiger charge is 2.38. The molecule has 2 N–H and O–H groups in total. The number of thiophene rings is 1. The molecule has 1 aliphatic carbocycles. The van der Waals surface area contributed by atoms with E-state index in [4.69, 9.17) is 9.84 Å². The molecule has 2 rings (SSSR count). The first kappa shape index (κ1) is 15.3. The molecule has 1 saturated carbocycles. The molecule has 5 nitrogen and oxygen atoms in total. The van der Waals surface area contributed by atoms with E-state index in [-0.39, 0.29) is 12.3 Å². The van der Waals surface area contributed by atoms with Crippen molar-refractivity contribution in [3.63, 3.8) is 0 Å². The Hall–Kier alpha value is -1.08. The summed E-state index contributed by atoms with van der Waals surface area (Å²) in [6.07, 6.45) is 3.31. The predicted octanol–water partition coefficient (Wildman–Crippen LogP) is 3.04. The second kappa shape index (κ2) is 6.13. The third kappa shape index (κ3) is 3.32. The molecule has 110 valence electrons. The molecule has 7 heteroatoms. The molecule has 0 spiro atoms. The van der Waals surface area contributed by atoms with Crippen LogP contribution in [-0.4, -0.2) is 29.6 Å². The zero-order valence-corrected chi connectivity index (χ0v) is 13.5. The Morgan fingerprint density at radius 2 is 2.15 bits per heavy atom. The molecule has 1 aromatic rings. The fourth-order valence-corrected chi connectivity index (χ4v) is 4.14. The van der Waals surface area contributed by atoms with Gasteiger partial charge < -0.3 is 15.2 Å². The molecule has 1 heterocycles. The number of carbonyl (C=O) groups is 2. The van der Waals surface area contributed by atoms with Gasteiger partial charge in [0.15, 0.2) is 0 Å². The van der Waals surface area contributed by atoms with Gasteiger partial charge in [-0.25, -0.2) is 0 Å². The summed E-state index contributed by atoms with van der Waals surface area (Å²) in [5, 5.41) is 12.0.